The Hall–Kier alpha value is -0.440. The number of hydrogen-bond donors (Lipinski definition) is 0. The Balaban J connectivity index is 3.17. The van der Waals surface area contributed by atoms with Crippen molar-refractivity contribution in [2.45, 2.75) is 13.3 Å². The SMILES string of the molecule is CCc1c(F)ccnc1Br. The van der Waals surface area contributed by atoms with Crippen molar-refractivity contribution >= 4 is 15.9 Å². The van der Waals surface area contributed by atoms with Crippen LogP contribution in [0.3, 0.4) is 0 Å². The Morgan fingerprint density at radius 2 is 2.40 bits per heavy atom. The summed E-state index contributed by atoms with van der Waals surface area (Å²) in [6, 6.07) is 1.36. The number of nitrogens with zero attached hydrogens (tertiary/aromatic N) is 1. The molecule has 1 aromatic heterocycles. The lowest BCUT2D eigenvalue weighted by atomic mass is 10.2. The average molecular weight is 204 g/mol. The van der Waals surface area contributed by atoms with Crippen LogP contribution in [0.5, 0.6) is 0 Å². The number of halogens is 2. The van der Waals surface area contributed by atoms with E-state index < -0.39 is 0 Å². The van der Waals surface area contributed by atoms with E-state index in [0.717, 1.165) is 0 Å². The molecular formula is C7H7BrFN. The Morgan fingerprint density at radius 3 is 2.80 bits per heavy atom. The maximum atomic E-state index is 12.8. The first-order valence-electron chi connectivity index (χ1n) is 3.04. The lowest BCUT2D eigenvalue weighted by Gasteiger charge is -1.99. The summed E-state index contributed by atoms with van der Waals surface area (Å²) < 4.78 is 13.4. The van der Waals surface area contributed by atoms with Gasteiger partial charge in [-0.2, -0.15) is 0 Å². The van der Waals surface area contributed by atoms with Gasteiger partial charge in [-0.3, -0.25) is 0 Å². The lowest BCUT2D eigenvalue weighted by Crippen LogP contribution is -1.90. The molecule has 0 aliphatic heterocycles. The average Bonchev–Trinajstić information content (AvgIpc) is 1.88. The van der Waals surface area contributed by atoms with Crippen molar-refractivity contribution in [2.75, 3.05) is 0 Å². The van der Waals surface area contributed by atoms with E-state index in [0.29, 0.717) is 16.6 Å². The molecule has 0 unspecified atom stereocenters. The predicted octanol–water partition coefficient (Wildman–Crippen LogP) is 2.55. The minimum absolute atomic E-state index is 0.190. The first-order valence-corrected chi connectivity index (χ1v) is 3.84. The van der Waals surface area contributed by atoms with E-state index in [1.54, 1.807) is 0 Å². The minimum atomic E-state index is -0.190. The number of pyridine rings is 1. The lowest BCUT2D eigenvalue weighted by molar-refractivity contribution is 0.607. The second-order valence-electron chi connectivity index (χ2n) is 1.92. The van der Waals surface area contributed by atoms with Gasteiger partial charge in [0, 0.05) is 11.8 Å². The van der Waals surface area contributed by atoms with Crippen molar-refractivity contribution in [3.63, 3.8) is 0 Å². The fourth-order valence-electron chi connectivity index (χ4n) is 0.760. The first-order chi connectivity index (χ1) is 4.75. The van der Waals surface area contributed by atoms with Crippen LogP contribution >= 0.6 is 15.9 Å². The van der Waals surface area contributed by atoms with E-state index in [1.165, 1.54) is 12.3 Å². The molecule has 0 saturated heterocycles. The van der Waals surface area contributed by atoms with Gasteiger partial charge in [0.05, 0.1) is 0 Å². The molecule has 0 aliphatic carbocycles. The predicted molar refractivity (Wildman–Crippen MR) is 41.3 cm³/mol. The molecule has 0 N–H and O–H groups in total. The molecule has 0 aromatic carbocycles. The maximum absolute atomic E-state index is 12.8. The number of hydrogen-bond acceptors (Lipinski definition) is 1. The van der Waals surface area contributed by atoms with Crippen molar-refractivity contribution < 1.29 is 4.39 Å². The molecule has 54 valence electrons. The van der Waals surface area contributed by atoms with Gasteiger partial charge in [0.25, 0.3) is 0 Å². The van der Waals surface area contributed by atoms with Crippen LogP contribution in [-0.2, 0) is 6.42 Å². The molecule has 1 heterocycles. The van der Waals surface area contributed by atoms with Crippen LogP contribution in [0.1, 0.15) is 12.5 Å². The van der Waals surface area contributed by atoms with Crippen LogP contribution < -0.4 is 0 Å². The second-order valence-corrected chi connectivity index (χ2v) is 2.67. The molecule has 0 aliphatic rings. The highest BCUT2D eigenvalue weighted by Gasteiger charge is 2.03. The van der Waals surface area contributed by atoms with Gasteiger partial charge in [-0.15, -0.1) is 0 Å². The third-order valence-corrected chi connectivity index (χ3v) is 1.98. The molecule has 10 heavy (non-hydrogen) atoms. The van der Waals surface area contributed by atoms with Crippen LogP contribution in [-0.4, -0.2) is 4.98 Å². The van der Waals surface area contributed by atoms with Crippen LogP contribution in [0, 0.1) is 5.82 Å². The zero-order valence-corrected chi connectivity index (χ0v) is 7.15. The van der Waals surface area contributed by atoms with E-state index in [2.05, 4.69) is 20.9 Å². The number of rotatable bonds is 1. The van der Waals surface area contributed by atoms with Crippen LogP contribution in [0.15, 0.2) is 16.9 Å². The fraction of sp³-hybridized carbons (Fsp3) is 0.286. The monoisotopic (exact) mass is 203 g/mol. The molecular weight excluding hydrogens is 197 g/mol. The molecule has 0 fully saturated rings. The van der Waals surface area contributed by atoms with Gasteiger partial charge in [-0.25, -0.2) is 9.37 Å². The van der Waals surface area contributed by atoms with E-state index >= 15 is 0 Å². The van der Waals surface area contributed by atoms with Crippen molar-refractivity contribution in [2.24, 2.45) is 0 Å². The fourth-order valence-corrected chi connectivity index (χ4v) is 1.35. The van der Waals surface area contributed by atoms with E-state index in [-0.39, 0.29) is 5.82 Å². The second kappa shape index (κ2) is 3.10. The first kappa shape index (κ1) is 7.66. The third-order valence-electron chi connectivity index (χ3n) is 1.30. The summed E-state index contributed by atoms with van der Waals surface area (Å²) in [6.45, 7) is 1.89. The van der Waals surface area contributed by atoms with Gasteiger partial charge < -0.3 is 0 Å². The Kier molecular flexibility index (Phi) is 2.38. The van der Waals surface area contributed by atoms with Crippen molar-refractivity contribution in [3.8, 4) is 0 Å². The largest absolute Gasteiger partial charge is 0.249 e. The summed E-state index contributed by atoms with van der Waals surface area (Å²) in [5.74, 6) is -0.190. The normalized spacial score (nSPS) is 9.90. The summed E-state index contributed by atoms with van der Waals surface area (Å²) >= 11 is 3.16. The summed E-state index contributed by atoms with van der Waals surface area (Å²) in [5.41, 5.74) is 0.641. The van der Waals surface area contributed by atoms with Crippen molar-refractivity contribution in [1.82, 2.24) is 4.98 Å². The van der Waals surface area contributed by atoms with Gasteiger partial charge in [0.15, 0.2) is 0 Å². The third kappa shape index (κ3) is 1.34. The zero-order valence-electron chi connectivity index (χ0n) is 5.56. The Morgan fingerprint density at radius 1 is 1.70 bits per heavy atom. The molecule has 1 aromatic rings. The van der Waals surface area contributed by atoms with Crippen LogP contribution in [0.2, 0.25) is 0 Å². The molecule has 0 saturated carbocycles. The minimum Gasteiger partial charge on any atom is -0.249 e. The zero-order chi connectivity index (χ0) is 7.56. The molecule has 0 amide bonds. The standard InChI is InChI=1S/C7H7BrFN/c1-2-5-6(9)3-4-10-7(5)8/h3-4H,2H2,1H3. The van der Waals surface area contributed by atoms with E-state index in [9.17, 15) is 4.39 Å². The number of aromatic nitrogens is 1. The van der Waals surface area contributed by atoms with Crippen molar-refractivity contribution in [1.29, 1.82) is 0 Å². The molecule has 0 atom stereocenters. The molecule has 1 nitrogen and oxygen atoms in total. The van der Waals surface area contributed by atoms with Crippen molar-refractivity contribution in [3.05, 3.63) is 28.2 Å². The molecule has 0 spiro atoms. The van der Waals surface area contributed by atoms with Gasteiger partial charge in [-0.05, 0) is 28.4 Å². The molecule has 0 radical (unpaired) electrons. The molecule has 0 bridgehead atoms. The Labute approximate surface area is 67.4 Å². The smallest absolute Gasteiger partial charge is 0.130 e. The van der Waals surface area contributed by atoms with Gasteiger partial charge in [0.2, 0.25) is 0 Å². The highest BCUT2D eigenvalue weighted by molar-refractivity contribution is 9.10. The van der Waals surface area contributed by atoms with Crippen LogP contribution in [0.4, 0.5) is 4.39 Å². The van der Waals surface area contributed by atoms with Gasteiger partial charge in [0.1, 0.15) is 10.4 Å². The Bertz CT molecular complexity index is 217. The maximum Gasteiger partial charge on any atom is 0.130 e. The highest BCUT2D eigenvalue weighted by Crippen LogP contribution is 2.16. The van der Waals surface area contributed by atoms with E-state index in [1.807, 2.05) is 6.92 Å². The topological polar surface area (TPSA) is 12.9 Å². The summed E-state index contributed by atoms with van der Waals surface area (Å²) in [6.07, 6.45) is 2.11. The van der Waals surface area contributed by atoms with E-state index in [4.69, 9.17) is 0 Å². The van der Waals surface area contributed by atoms with Gasteiger partial charge in [-0.1, -0.05) is 6.92 Å². The highest BCUT2D eigenvalue weighted by atomic mass is 79.9. The summed E-state index contributed by atoms with van der Waals surface area (Å²) in [4.78, 5) is 3.89. The van der Waals surface area contributed by atoms with Crippen LogP contribution in [0.25, 0.3) is 0 Å². The molecule has 1 rings (SSSR count). The molecule has 3 heteroatoms. The van der Waals surface area contributed by atoms with Gasteiger partial charge >= 0.3 is 0 Å². The quantitative estimate of drug-likeness (QED) is 0.640. The summed E-state index contributed by atoms with van der Waals surface area (Å²) in [7, 11) is 0. The summed E-state index contributed by atoms with van der Waals surface area (Å²) in [5, 5.41) is 0.